The molecule has 4 nitrogen and oxygen atoms in total. The Kier molecular flexibility index (Phi) is 3.75. The first-order valence-corrected chi connectivity index (χ1v) is 5.84. The van der Waals surface area contributed by atoms with E-state index in [1.165, 1.54) is 30.3 Å². The highest BCUT2D eigenvalue weighted by atomic mass is 19.4. The molecule has 0 fully saturated rings. The number of halogens is 3. The van der Waals surface area contributed by atoms with Gasteiger partial charge in [0.05, 0.1) is 11.1 Å². The van der Waals surface area contributed by atoms with Crippen LogP contribution in [0.4, 0.5) is 30.2 Å². The fourth-order valence-electron chi connectivity index (χ4n) is 1.78. The zero-order valence-corrected chi connectivity index (χ0v) is 10.6. The fraction of sp³-hybridized carbons (Fsp3) is 0.0714. The van der Waals surface area contributed by atoms with E-state index < -0.39 is 17.7 Å². The van der Waals surface area contributed by atoms with E-state index in [1.54, 1.807) is 0 Å². The minimum absolute atomic E-state index is 0.0273. The Balaban J connectivity index is 2.27. The second-order valence-electron chi connectivity index (χ2n) is 4.31. The number of alkyl halides is 3. The minimum Gasteiger partial charge on any atom is -0.478 e. The van der Waals surface area contributed by atoms with Crippen LogP contribution in [0, 0.1) is 0 Å². The maximum atomic E-state index is 12.6. The Morgan fingerprint density at radius 2 is 1.76 bits per heavy atom. The summed E-state index contributed by atoms with van der Waals surface area (Å²) < 4.78 is 37.8. The van der Waals surface area contributed by atoms with Gasteiger partial charge >= 0.3 is 12.1 Å². The molecule has 0 unspecified atom stereocenters. The van der Waals surface area contributed by atoms with Crippen molar-refractivity contribution in [1.82, 2.24) is 0 Å². The molecule has 21 heavy (non-hydrogen) atoms. The second kappa shape index (κ2) is 5.35. The number of hydrogen-bond acceptors (Lipinski definition) is 3. The number of carboxylic acid groups (broad SMARTS) is 1. The molecule has 0 saturated carbocycles. The van der Waals surface area contributed by atoms with Crippen molar-refractivity contribution in [3.8, 4) is 0 Å². The van der Waals surface area contributed by atoms with Gasteiger partial charge in [0, 0.05) is 17.1 Å². The molecule has 0 aliphatic heterocycles. The number of nitrogens with one attached hydrogen (secondary N) is 1. The van der Waals surface area contributed by atoms with Crippen LogP contribution in [0.3, 0.4) is 0 Å². The van der Waals surface area contributed by atoms with E-state index in [9.17, 15) is 18.0 Å². The van der Waals surface area contributed by atoms with Crippen LogP contribution < -0.4 is 11.1 Å². The molecular formula is C14H11F3N2O2. The van der Waals surface area contributed by atoms with Gasteiger partial charge in [-0.15, -0.1) is 0 Å². The summed E-state index contributed by atoms with van der Waals surface area (Å²) in [7, 11) is 0. The molecule has 0 saturated heterocycles. The molecule has 0 amide bonds. The summed E-state index contributed by atoms with van der Waals surface area (Å²) in [5.74, 6) is -1.17. The quantitative estimate of drug-likeness (QED) is 0.754. The van der Waals surface area contributed by atoms with Crippen LogP contribution in [-0.4, -0.2) is 11.1 Å². The molecule has 0 aromatic heterocycles. The maximum absolute atomic E-state index is 12.6. The molecule has 2 aromatic carbocycles. The largest absolute Gasteiger partial charge is 0.478 e. The Morgan fingerprint density at radius 1 is 1.10 bits per heavy atom. The van der Waals surface area contributed by atoms with Crippen molar-refractivity contribution in [3.05, 3.63) is 53.6 Å². The van der Waals surface area contributed by atoms with E-state index in [0.717, 1.165) is 12.1 Å². The van der Waals surface area contributed by atoms with E-state index in [-0.39, 0.29) is 16.9 Å². The molecular weight excluding hydrogens is 285 g/mol. The van der Waals surface area contributed by atoms with Crippen LogP contribution >= 0.6 is 0 Å². The van der Waals surface area contributed by atoms with Gasteiger partial charge in [0.25, 0.3) is 0 Å². The average Bonchev–Trinajstić information content (AvgIpc) is 2.37. The van der Waals surface area contributed by atoms with Crippen LogP contribution in [0.15, 0.2) is 42.5 Å². The summed E-state index contributed by atoms with van der Waals surface area (Å²) in [5, 5.41) is 11.6. The lowest BCUT2D eigenvalue weighted by molar-refractivity contribution is -0.137. The third kappa shape index (κ3) is 3.44. The molecule has 0 aliphatic carbocycles. The summed E-state index contributed by atoms with van der Waals surface area (Å²) in [6.07, 6.45) is -4.43. The van der Waals surface area contributed by atoms with Gasteiger partial charge in [-0.3, -0.25) is 0 Å². The van der Waals surface area contributed by atoms with Crippen molar-refractivity contribution in [3.63, 3.8) is 0 Å². The summed E-state index contributed by atoms with van der Waals surface area (Å²) in [6.45, 7) is 0. The van der Waals surface area contributed by atoms with Gasteiger partial charge in [0.2, 0.25) is 0 Å². The SMILES string of the molecule is Nc1cc(Nc2cccc(C(F)(F)F)c2)ccc1C(=O)O. The maximum Gasteiger partial charge on any atom is 0.416 e. The van der Waals surface area contributed by atoms with Gasteiger partial charge in [0.15, 0.2) is 0 Å². The van der Waals surface area contributed by atoms with Crippen LogP contribution in [0.1, 0.15) is 15.9 Å². The van der Waals surface area contributed by atoms with Crippen molar-refractivity contribution >= 4 is 23.0 Å². The molecule has 0 radical (unpaired) electrons. The Morgan fingerprint density at radius 3 is 2.33 bits per heavy atom. The highest BCUT2D eigenvalue weighted by molar-refractivity contribution is 5.94. The normalized spacial score (nSPS) is 11.2. The van der Waals surface area contributed by atoms with Gasteiger partial charge in [-0.2, -0.15) is 13.2 Å². The number of nitrogens with two attached hydrogens (primary N) is 1. The summed E-state index contributed by atoms with van der Waals surface area (Å²) in [5.41, 5.74) is 5.39. The number of benzene rings is 2. The summed E-state index contributed by atoms with van der Waals surface area (Å²) in [6, 6.07) is 8.74. The van der Waals surface area contributed by atoms with E-state index in [2.05, 4.69) is 5.32 Å². The molecule has 0 aliphatic rings. The first kappa shape index (κ1) is 14.7. The second-order valence-corrected chi connectivity index (χ2v) is 4.31. The lowest BCUT2D eigenvalue weighted by atomic mass is 10.1. The standard InChI is InChI=1S/C14H11F3N2O2/c15-14(16,17)8-2-1-3-9(6-8)19-10-4-5-11(13(20)21)12(18)7-10/h1-7,19H,18H2,(H,20,21). The lowest BCUT2D eigenvalue weighted by Crippen LogP contribution is -2.05. The molecule has 0 heterocycles. The zero-order valence-electron chi connectivity index (χ0n) is 10.6. The van der Waals surface area contributed by atoms with Crippen molar-refractivity contribution in [2.45, 2.75) is 6.18 Å². The Bertz CT molecular complexity index is 684. The number of carbonyl (C=O) groups is 1. The average molecular weight is 296 g/mol. The number of anilines is 3. The first-order valence-electron chi connectivity index (χ1n) is 5.84. The van der Waals surface area contributed by atoms with Crippen molar-refractivity contribution in [1.29, 1.82) is 0 Å². The number of aromatic carboxylic acids is 1. The predicted molar refractivity (Wildman–Crippen MR) is 72.5 cm³/mol. The highest BCUT2D eigenvalue weighted by Crippen LogP contribution is 2.31. The molecule has 7 heteroatoms. The van der Waals surface area contributed by atoms with Crippen molar-refractivity contribution in [2.75, 3.05) is 11.1 Å². The van der Waals surface area contributed by atoms with Crippen molar-refractivity contribution in [2.24, 2.45) is 0 Å². The molecule has 0 atom stereocenters. The topological polar surface area (TPSA) is 75.3 Å². The van der Waals surface area contributed by atoms with Crippen LogP contribution in [0.5, 0.6) is 0 Å². The summed E-state index contributed by atoms with van der Waals surface area (Å²) in [4.78, 5) is 10.8. The molecule has 110 valence electrons. The number of carboxylic acids is 1. The van der Waals surface area contributed by atoms with Gasteiger partial charge in [-0.05, 0) is 36.4 Å². The number of nitrogen functional groups attached to an aromatic ring is 1. The number of hydrogen-bond donors (Lipinski definition) is 3. The third-order valence-electron chi connectivity index (χ3n) is 2.76. The van der Waals surface area contributed by atoms with E-state index in [4.69, 9.17) is 10.8 Å². The van der Waals surface area contributed by atoms with E-state index in [1.807, 2.05) is 0 Å². The van der Waals surface area contributed by atoms with Crippen LogP contribution in [-0.2, 0) is 6.18 Å². The smallest absolute Gasteiger partial charge is 0.416 e. The van der Waals surface area contributed by atoms with Gasteiger partial charge in [0.1, 0.15) is 0 Å². The van der Waals surface area contributed by atoms with Gasteiger partial charge in [-0.25, -0.2) is 4.79 Å². The van der Waals surface area contributed by atoms with E-state index in [0.29, 0.717) is 5.69 Å². The third-order valence-corrected chi connectivity index (χ3v) is 2.76. The summed E-state index contributed by atoms with van der Waals surface area (Å²) >= 11 is 0. The predicted octanol–water partition coefficient (Wildman–Crippen LogP) is 3.73. The van der Waals surface area contributed by atoms with Gasteiger partial charge < -0.3 is 16.2 Å². The molecule has 4 N–H and O–H groups in total. The van der Waals surface area contributed by atoms with Crippen LogP contribution in [0.2, 0.25) is 0 Å². The molecule has 0 bridgehead atoms. The van der Waals surface area contributed by atoms with Crippen molar-refractivity contribution < 1.29 is 23.1 Å². The molecule has 0 spiro atoms. The fourth-order valence-corrected chi connectivity index (χ4v) is 1.78. The molecule has 2 rings (SSSR count). The number of rotatable bonds is 3. The molecule has 2 aromatic rings. The monoisotopic (exact) mass is 296 g/mol. The lowest BCUT2D eigenvalue weighted by Gasteiger charge is -2.11. The van der Waals surface area contributed by atoms with Crippen LogP contribution in [0.25, 0.3) is 0 Å². The minimum atomic E-state index is -4.43. The van der Waals surface area contributed by atoms with E-state index >= 15 is 0 Å². The first-order chi connectivity index (χ1) is 9.77. The highest BCUT2D eigenvalue weighted by Gasteiger charge is 2.30. The zero-order chi connectivity index (χ0) is 15.6. The Hall–Kier alpha value is -2.70. The van der Waals surface area contributed by atoms with Gasteiger partial charge in [-0.1, -0.05) is 6.07 Å². The Labute approximate surface area is 118 Å².